The molecule has 0 radical (unpaired) electrons. The molecule has 1 fully saturated rings. The number of pyridine rings is 1. The van der Waals surface area contributed by atoms with Crippen LogP contribution in [0.1, 0.15) is 31.7 Å². The molecule has 1 N–H and O–H groups in total. The summed E-state index contributed by atoms with van der Waals surface area (Å²) in [6, 6.07) is 3.97. The molecule has 0 aromatic carbocycles. The predicted octanol–water partition coefficient (Wildman–Crippen LogP) is 2.18. The minimum Gasteiger partial charge on any atom is -0.390 e. The van der Waals surface area contributed by atoms with E-state index < -0.39 is 5.60 Å². The van der Waals surface area contributed by atoms with Gasteiger partial charge in [-0.05, 0) is 42.9 Å². The lowest BCUT2D eigenvalue weighted by Gasteiger charge is -2.22. The molecule has 1 saturated carbocycles. The smallest absolute Gasteiger partial charge is 0.0690 e. The summed E-state index contributed by atoms with van der Waals surface area (Å²) in [7, 11) is 0. The highest BCUT2D eigenvalue weighted by Crippen LogP contribution is 2.36. The maximum absolute atomic E-state index is 10.3. The van der Waals surface area contributed by atoms with Crippen molar-refractivity contribution in [3.8, 4) is 0 Å². The van der Waals surface area contributed by atoms with Gasteiger partial charge in [-0.1, -0.05) is 6.92 Å². The normalized spacial score (nSPS) is 32.0. The van der Waals surface area contributed by atoms with Crippen LogP contribution in [0.2, 0.25) is 0 Å². The van der Waals surface area contributed by atoms with E-state index in [9.17, 15) is 5.11 Å². The molecule has 1 aliphatic carbocycles. The maximum Gasteiger partial charge on any atom is 0.0690 e. The van der Waals surface area contributed by atoms with Crippen LogP contribution in [0, 0.1) is 5.92 Å². The first kappa shape index (κ1) is 9.66. The average molecular weight is 191 g/mol. The maximum atomic E-state index is 10.3. The number of rotatable bonds is 2. The summed E-state index contributed by atoms with van der Waals surface area (Å²) in [6.45, 7) is 2.21. The Labute approximate surface area is 85.0 Å². The summed E-state index contributed by atoms with van der Waals surface area (Å²) in [5.41, 5.74) is 0.734. The van der Waals surface area contributed by atoms with E-state index >= 15 is 0 Å². The molecule has 0 spiro atoms. The summed E-state index contributed by atoms with van der Waals surface area (Å²) in [5, 5.41) is 10.3. The van der Waals surface area contributed by atoms with Crippen molar-refractivity contribution in [3.05, 3.63) is 30.1 Å². The number of aromatic nitrogens is 1. The van der Waals surface area contributed by atoms with E-state index in [4.69, 9.17) is 0 Å². The lowest BCUT2D eigenvalue weighted by molar-refractivity contribution is 0.0446. The Kier molecular flexibility index (Phi) is 2.55. The Morgan fingerprint density at radius 2 is 2.21 bits per heavy atom. The topological polar surface area (TPSA) is 33.1 Å². The number of aliphatic hydroxyl groups is 1. The standard InChI is InChI=1S/C12H17NO/c1-10-2-5-12(14,8-10)9-11-3-6-13-7-4-11/h3-4,6-7,10,14H,2,5,8-9H2,1H3. The van der Waals surface area contributed by atoms with Gasteiger partial charge in [-0.25, -0.2) is 0 Å². The van der Waals surface area contributed by atoms with E-state index in [1.165, 1.54) is 5.56 Å². The van der Waals surface area contributed by atoms with E-state index in [2.05, 4.69) is 11.9 Å². The van der Waals surface area contributed by atoms with Gasteiger partial charge in [-0.2, -0.15) is 0 Å². The minimum atomic E-state index is -0.458. The van der Waals surface area contributed by atoms with Gasteiger partial charge < -0.3 is 5.11 Å². The zero-order valence-corrected chi connectivity index (χ0v) is 8.61. The highest BCUT2D eigenvalue weighted by molar-refractivity contribution is 5.13. The second-order valence-electron chi connectivity index (χ2n) is 4.60. The lowest BCUT2D eigenvalue weighted by Crippen LogP contribution is -2.27. The molecule has 76 valence electrons. The molecular formula is C12H17NO. The van der Waals surface area contributed by atoms with Crippen molar-refractivity contribution >= 4 is 0 Å². The number of nitrogens with zero attached hydrogens (tertiary/aromatic N) is 1. The molecule has 1 aromatic heterocycles. The largest absolute Gasteiger partial charge is 0.390 e. The third-order valence-electron chi connectivity index (χ3n) is 3.11. The summed E-state index contributed by atoms with van der Waals surface area (Å²) in [5.74, 6) is 0.668. The SMILES string of the molecule is CC1CCC(O)(Cc2ccncc2)C1. The van der Waals surface area contributed by atoms with Crippen LogP contribution >= 0.6 is 0 Å². The van der Waals surface area contributed by atoms with Gasteiger partial charge in [-0.15, -0.1) is 0 Å². The van der Waals surface area contributed by atoms with Crippen LogP contribution in [-0.4, -0.2) is 15.7 Å². The molecular weight excluding hydrogens is 174 g/mol. The fourth-order valence-corrected chi connectivity index (χ4v) is 2.41. The van der Waals surface area contributed by atoms with Gasteiger partial charge in [0.2, 0.25) is 0 Å². The van der Waals surface area contributed by atoms with Crippen LogP contribution in [-0.2, 0) is 6.42 Å². The predicted molar refractivity (Wildman–Crippen MR) is 55.9 cm³/mol. The van der Waals surface area contributed by atoms with Crippen LogP contribution in [0.15, 0.2) is 24.5 Å². The molecule has 2 nitrogen and oxygen atoms in total. The molecule has 2 heteroatoms. The van der Waals surface area contributed by atoms with Gasteiger partial charge in [0.15, 0.2) is 0 Å². The quantitative estimate of drug-likeness (QED) is 0.777. The van der Waals surface area contributed by atoms with Gasteiger partial charge >= 0.3 is 0 Å². The molecule has 2 atom stereocenters. The van der Waals surface area contributed by atoms with Crippen molar-refractivity contribution in [3.63, 3.8) is 0 Å². The van der Waals surface area contributed by atoms with Crippen LogP contribution < -0.4 is 0 Å². The Hall–Kier alpha value is -0.890. The van der Waals surface area contributed by atoms with Crippen molar-refractivity contribution in [1.82, 2.24) is 4.98 Å². The van der Waals surface area contributed by atoms with Crippen molar-refractivity contribution < 1.29 is 5.11 Å². The van der Waals surface area contributed by atoms with Crippen molar-refractivity contribution in [2.24, 2.45) is 5.92 Å². The fraction of sp³-hybridized carbons (Fsp3) is 0.583. The Morgan fingerprint density at radius 1 is 1.50 bits per heavy atom. The highest BCUT2D eigenvalue weighted by atomic mass is 16.3. The van der Waals surface area contributed by atoms with Gasteiger partial charge in [0.05, 0.1) is 5.60 Å². The Bertz CT molecular complexity index is 298. The average Bonchev–Trinajstić information content (AvgIpc) is 2.47. The van der Waals surface area contributed by atoms with Crippen LogP contribution in [0.5, 0.6) is 0 Å². The van der Waals surface area contributed by atoms with Crippen LogP contribution in [0.4, 0.5) is 0 Å². The molecule has 0 bridgehead atoms. The summed E-state index contributed by atoms with van der Waals surface area (Å²) < 4.78 is 0. The van der Waals surface area contributed by atoms with Crippen molar-refractivity contribution in [2.75, 3.05) is 0 Å². The second kappa shape index (κ2) is 3.70. The number of hydrogen-bond donors (Lipinski definition) is 1. The first-order valence-electron chi connectivity index (χ1n) is 5.29. The first-order valence-corrected chi connectivity index (χ1v) is 5.29. The number of hydrogen-bond acceptors (Lipinski definition) is 2. The first-order chi connectivity index (χ1) is 6.68. The van der Waals surface area contributed by atoms with E-state index in [0.29, 0.717) is 5.92 Å². The third-order valence-corrected chi connectivity index (χ3v) is 3.11. The summed E-state index contributed by atoms with van der Waals surface area (Å²) in [4.78, 5) is 3.98. The molecule has 14 heavy (non-hydrogen) atoms. The van der Waals surface area contributed by atoms with E-state index in [-0.39, 0.29) is 0 Å². The monoisotopic (exact) mass is 191 g/mol. The second-order valence-corrected chi connectivity index (χ2v) is 4.60. The van der Waals surface area contributed by atoms with E-state index in [1.807, 2.05) is 12.1 Å². The molecule has 1 heterocycles. The lowest BCUT2D eigenvalue weighted by atomic mass is 9.93. The molecule has 1 aromatic rings. The molecule has 2 rings (SSSR count). The van der Waals surface area contributed by atoms with Crippen molar-refractivity contribution in [1.29, 1.82) is 0 Å². The van der Waals surface area contributed by atoms with Gasteiger partial charge in [-0.3, -0.25) is 4.98 Å². The van der Waals surface area contributed by atoms with E-state index in [0.717, 1.165) is 25.7 Å². The fourth-order valence-electron chi connectivity index (χ4n) is 2.41. The van der Waals surface area contributed by atoms with Crippen molar-refractivity contribution in [2.45, 2.75) is 38.2 Å². The zero-order valence-electron chi connectivity index (χ0n) is 8.61. The third kappa shape index (κ3) is 2.13. The van der Waals surface area contributed by atoms with Crippen LogP contribution in [0.3, 0.4) is 0 Å². The molecule has 0 amide bonds. The van der Waals surface area contributed by atoms with Gasteiger partial charge in [0, 0.05) is 18.8 Å². The van der Waals surface area contributed by atoms with Gasteiger partial charge in [0.25, 0.3) is 0 Å². The van der Waals surface area contributed by atoms with E-state index in [1.54, 1.807) is 12.4 Å². The molecule has 0 aliphatic heterocycles. The summed E-state index contributed by atoms with van der Waals surface area (Å²) >= 11 is 0. The minimum absolute atomic E-state index is 0.458. The summed E-state index contributed by atoms with van der Waals surface area (Å²) in [6.07, 6.45) is 7.39. The molecule has 2 unspecified atom stereocenters. The molecule has 0 saturated heterocycles. The Balaban J connectivity index is 2.04. The highest BCUT2D eigenvalue weighted by Gasteiger charge is 2.35. The Morgan fingerprint density at radius 3 is 2.79 bits per heavy atom. The van der Waals surface area contributed by atoms with Crippen LogP contribution in [0.25, 0.3) is 0 Å². The molecule has 1 aliphatic rings. The zero-order chi connectivity index (χ0) is 10.0. The van der Waals surface area contributed by atoms with Gasteiger partial charge in [0.1, 0.15) is 0 Å².